The molecule has 212 valence electrons. The fraction of sp³-hybridized carbons (Fsp3) is 0.654. The fourth-order valence-electron chi connectivity index (χ4n) is 5.25. The summed E-state index contributed by atoms with van der Waals surface area (Å²) < 4.78 is 29.8. The van der Waals surface area contributed by atoms with Crippen molar-refractivity contribution in [3.8, 4) is 0 Å². The third-order valence-corrected chi connectivity index (χ3v) is 8.83. The van der Waals surface area contributed by atoms with E-state index < -0.39 is 22.0 Å². The van der Waals surface area contributed by atoms with Gasteiger partial charge in [-0.3, -0.25) is 14.6 Å². The Bertz CT molecular complexity index is 1100. The number of guanidine groups is 1. The van der Waals surface area contributed by atoms with Gasteiger partial charge >= 0.3 is 5.97 Å². The number of amides is 1. The van der Waals surface area contributed by atoms with E-state index in [0.717, 1.165) is 37.7 Å². The zero-order valence-corrected chi connectivity index (χ0v) is 23.0. The van der Waals surface area contributed by atoms with Crippen LogP contribution in [0.25, 0.3) is 0 Å². The minimum Gasteiger partial charge on any atom is -0.481 e. The van der Waals surface area contributed by atoms with E-state index in [-0.39, 0.29) is 29.6 Å². The number of hydrogen-bond acceptors (Lipinski definition) is 6. The minimum atomic E-state index is -3.98. The first-order valence-electron chi connectivity index (χ1n) is 13.5. The van der Waals surface area contributed by atoms with Crippen LogP contribution in [0, 0.1) is 11.8 Å². The van der Waals surface area contributed by atoms with E-state index in [1.165, 1.54) is 0 Å². The van der Waals surface area contributed by atoms with Gasteiger partial charge in [0, 0.05) is 32.6 Å². The molecule has 7 N–H and O–H groups in total. The summed E-state index contributed by atoms with van der Waals surface area (Å²) in [5.41, 5.74) is 12.4. The molecule has 12 heteroatoms. The maximum Gasteiger partial charge on any atom is 0.303 e. The Morgan fingerprint density at radius 1 is 1.21 bits per heavy atom. The summed E-state index contributed by atoms with van der Waals surface area (Å²) in [6, 6.07) is 4.31. The van der Waals surface area contributed by atoms with E-state index in [4.69, 9.17) is 16.6 Å². The van der Waals surface area contributed by atoms with Crippen molar-refractivity contribution in [1.82, 2.24) is 9.62 Å². The zero-order valence-electron chi connectivity index (χ0n) is 22.2. The van der Waals surface area contributed by atoms with Gasteiger partial charge in [0.1, 0.15) is 10.9 Å². The van der Waals surface area contributed by atoms with Crippen LogP contribution < -0.4 is 21.5 Å². The Balaban J connectivity index is 1.68. The molecular formula is C26H42N6O5S. The first kappa shape index (κ1) is 29.7. The molecule has 1 aromatic rings. The Labute approximate surface area is 225 Å². The summed E-state index contributed by atoms with van der Waals surface area (Å²) in [7, 11) is -3.98. The number of anilines is 1. The van der Waals surface area contributed by atoms with Crippen LogP contribution in [0.15, 0.2) is 28.1 Å². The third kappa shape index (κ3) is 8.59. The van der Waals surface area contributed by atoms with E-state index in [0.29, 0.717) is 56.5 Å². The predicted octanol–water partition coefficient (Wildman–Crippen LogP) is 1.87. The second-order valence-corrected chi connectivity index (χ2v) is 12.2. The molecule has 0 bridgehead atoms. The Hall–Kier alpha value is -2.86. The van der Waals surface area contributed by atoms with Crippen molar-refractivity contribution < 1.29 is 23.1 Å². The second-order valence-electron chi connectivity index (χ2n) is 10.5. The summed E-state index contributed by atoms with van der Waals surface area (Å²) in [5.74, 6) is -0.225. The molecule has 0 saturated carbocycles. The molecule has 1 amide bonds. The normalized spacial score (nSPS) is 18.8. The van der Waals surface area contributed by atoms with Crippen LogP contribution in [-0.4, -0.2) is 68.5 Å². The standard InChI is InChI=1S/C26H42N6O5S/c1-18-16-20-7-4-9-22(24(20)30-17-18)38(36,37)31-21(8-5-13-29-26(27)28)25(35)32-14-11-19(12-15-32)6-2-3-10-23(33)34/h4,7,9,18-19,21,30-31H,2-3,5-6,8,10-17H2,1H3,(H,33,34)(H4,27,28,29)/t18-,21?/m0/s1. The molecule has 1 unspecified atom stereocenters. The van der Waals surface area contributed by atoms with Crippen molar-refractivity contribution in [2.24, 2.45) is 28.3 Å². The van der Waals surface area contributed by atoms with Crippen molar-refractivity contribution in [2.45, 2.75) is 75.6 Å². The third-order valence-electron chi connectivity index (χ3n) is 7.32. The number of aliphatic carboxylic acids is 1. The number of hydrogen-bond donors (Lipinski definition) is 5. The maximum atomic E-state index is 13.5. The number of piperidine rings is 1. The maximum absolute atomic E-state index is 13.5. The highest BCUT2D eigenvalue weighted by atomic mass is 32.2. The van der Waals surface area contributed by atoms with Gasteiger partial charge in [0.2, 0.25) is 15.9 Å². The number of unbranched alkanes of at least 4 members (excludes halogenated alkanes) is 1. The van der Waals surface area contributed by atoms with E-state index in [2.05, 4.69) is 22.0 Å². The molecule has 0 aromatic heterocycles. The van der Waals surface area contributed by atoms with Crippen LogP contribution in [-0.2, 0) is 26.0 Å². The molecule has 3 rings (SSSR count). The number of aliphatic imine (C=N–C) groups is 1. The van der Waals surface area contributed by atoms with E-state index in [9.17, 15) is 18.0 Å². The molecule has 0 radical (unpaired) electrons. The lowest BCUT2D eigenvalue weighted by Crippen LogP contribution is -2.50. The van der Waals surface area contributed by atoms with Crippen LogP contribution in [0.5, 0.6) is 0 Å². The van der Waals surface area contributed by atoms with Gasteiger partial charge in [0.05, 0.1) is 5.69 Å². The molecule has 2 heterocycles. The molecule has 1 saturated heterocycles. The van der Waals surface area contributed by atoms with Crippen molar-refractivity contribution in [3.63, 3.8) is 0 Å². The zero-order chi connectivity index (χ0) is 27.7. The van der Waals surface area contributed by atoms with Gasteiger partial charge < -0.3 is 26.8 Å². The summed E-state index contributed by atoms with van der Waals surface area (Å²) in [6.07, 6.45) is 5.77. The Kier molecular flexibility index (Phi) is 10.8. The number of likely N-dealkylation sites (tertiary alicyclic amines) is 1. The molecule has 1 aromatic carbocycles. The lowest BCUT2D eigenvalue weighted by atomic mass is 9.91. The number of carboxylic acid groups (broad SMARTS) is 1. The van der Waals surface area contributed by atoms with Gasteiger partial charge in [-0.25, -0.2) is 8.42 Å². The molecular weight excluding hydrogens is 508 g/mol. The molecule has 2 aliphatic rings. The summed E-state index contributed by atoms with van der Waals surface area (Å²) in [5, 5.41) is 12.1. The van der Waals surface area contributed by atoms with Crippen molar-refractivity contribution in [3.05, 3.63) is 23.8 Å². The monoisotopic (exact) mass is 550 g/mol. The quantitative estimate of drug-likeness (QED) is 0.140. The highest BCUT2D eigenvalue weighted by molar-refractivity contribution is 7.89. The smallest absolute Gasteiger partial charge is 0.303 e. The highest BCUT2D eigenvalue weighted by Gasteiger charge is 2.33. The van der Waals surface area contributed by atoms with Crippen molar-refractivity contribution in [1.29, 1.82) is 0 Å². The number of benzene rings is 1. The Morgan fingerprint density at radius 3 is 2.63 bits per heavy atom. The SMILES string of the molecule is C[C@@H]1CNc2c(cccc2S(=O)(=O)NC(CCCN=C(N)N)C(=O)N2CCC(CCCCC(=O)O)CC2)C1. The van der Waals surface area contributed by atoms with Crippen molar-refractivity contribution >= 4 is 33.5 Å². The van der Waals surface area contributed by atoms with Crippen LogP contribution >= 0.6 is 0 Å². The number of carboxylic acids is 1. The van der Waals surface area contributed by atoms with Crippen LogP contribution in [0.3, 0.4) is 0 Å². The molecule has 0 spiro atoms. The van der Waals surface area contributed by atoms with Gasteiger partial charge in [0.25, 0.3) is 0 Å². The predicted molar refractivity (Wildman–Crippen MR) is 147 cm³/mol. The highest BCUT2D eigenvalue weighted by Crippen LogP contribution is 2.31. The van der Waals surface area contributed by atoms with Crippen LogP contribution in [0.4, 0.5) is 5.69 Å². The number of rotatable bonds is 13. The molecule has 1 fully saturated rings. The number of fused-ring (bicyclic) bond motifs is 1. The topological polar surface area (TPSA) is 180 Å². The average Bonchev–Trinajstić information content (AvgIpc) is 2.87. The Morgan fingerprint density at radius 2 is 1.95 bits per heavy atom. The van der Waals surface area contributed by atoms with Gasteiger partial charge in [-0.2, -0.15) is 4.72 Å². The number of nitrogens with zero attached hydrogens (tertiary/aromatic N) is 2. The number of carbonyl (C=O) groups is 2. The molecule has 38 heavy (non-hydrogen) atoms. The minimum absolute atomic E-state index is 0.0462. The molecule has 11 nitrogen and oxygen atoms in total. The first-order chi connectivity index (χ1) is 18.1. The largest absolute Gasteiger partial charge is 0.481 e. The fourth-order valence-corrected chi connectivity index (χ4v) is 6.70. The summed E-state index contributed by atoms with van der Waals surface area (Å²) in [4.78, 5) is 30.1. The number of nitrogens with two attached hydrogens (primary N) is 2. The van der Waals surface area contributed by atoms with Crippen LogP contribution in [0.2, 0.25) is 0 Å². The van der Waals surface area contributed by atoms with E-state index in [1.807, 2.05) is 6.07 Å². The number of nitrogens with one attached hydrogen (secondary N) is 2. The molecule has 0 aliphatic carbocycles. The van der Waals surface area contributed by atoms with Crippen LogP contribution in [0.1, 0.15) is 63.9 Å². The first-order valence-corrected chi connectivity index (χ1v) is 15.0. The number of carbonyl (C=O) groups excluding carboxylic acids is 1. The lowest BCUT2D eigenvalue weighted by molar-refractivity contribution is -0.137. The lowest BCUT2D eigenvalue weighted by Gasteiger charge is -2.34. The van der Waals surface area contributed by atoms with Gasteiger partial charge in [-0.15, -0.1) is 0 Å². The van der Waals surface area contributed by atoms with Gasteiger partial charge in [-0.1, -0.05) is 31.9 Å². The number of para-hydroxylation sites is 1. The average molecular weight is 551 g/mol. The van der Waals surface area contributed by atoms with Crippen molar-refractivity contribution in [2.75, 3.05) is 31.5 Å². The summed E-state index contributed by atoms with van der Waals surface area (Å²) in [6.45, 7) is 4.20. The van der Waals surface area contributed by atoms with Gasteiger partial charge in [-0.05, 0) is 62.0 Å². The number of sulfonamides is 1. The van der Waals surface area contributed by atoms with E-state index >= 15 is 0 Å². The molecule has 2 atom stereocenters. The van der Waals surface area contributed by atoms with E-state index in [1.54, 1.807) is 17.0 Å². The second kappa shape index (κ2) is 13.8. The van der Waals surface area contributed by atoms with Gasteiger partial charge in [0.15, 0.2) is 5.96 Å². The summed E-state index contributed by atoms with van der Waals surface area (Å²) >= 11 is 0. The molecule has 2 aliphatic heterocycles.